The van der Waals surface area contributed by atoms with E-state index in [1.807, 2.05) is 4.68 Å². The Morgan fingerprint density at radius 3 is 1.30 bits per heavy atom. The van der Waals surface area contributed by atoms with Crippen molar-refractivity contribution in [1.29, 1.82) is 0 Å². The third-order valence-electron chi connectivity index (χ3n) is 9.23. The summed E-state index contributed by atoms with van der Waals surface area (Å²) in [5.74, 6) is 9.77. The minimum atomic E-state index is 0.939. The molecule has 2 aromatic carbocycles. The first-order chi connectivity index (χ1) is 21.5. The number of benzene rings is 2. The normalized spacial score (nSPS) is 14.5. The number of nitrogens with one attached hydrogen (secondary N) is 1. The van der Waals surface area contributed by atoms with Gasteiger partial charge in [-0.1, -0.05) is 118 Å². The average Bonchev–Trinajstić information content (AvgIpc) is 3.31. The van der Waals surface area contributed by atoms with Crippen molar-refractivity contribution in [2.45, 2.75) is 164 Å². The minimum Gasteiger partial charge on any atom is -0.448 e. The van der Waals surface area contributed by atoms with Gasteiger partial charge in [-0.2, -0.15) is 0 Å². The summed E-state index contributed by atoms with van der Waals surface area (Å²) in [6, 6.07) is 14.6. The Morgan fingerprint density at radius 1 is 0.523 bits per heavy atom. The molecule has 2 heteroatoms. The van der Waals surface area contributed by atoms with Crippen LogP contribution in [-0.2, 0) is 25.7 Å². The summed E-state index contributed by atoms with van der Waals surface area (Å²) in [4.78, 5) is 0. The van der Waals surface area contributed by atoms with Crippen molar-refractivity contribution in [3.63, 3.8) is 0 Å². The zero-order valence-corrected chi connectivity index (χ0v) is 29.4. The molecule has 0 amide bonds. The fourth-order valence-electron chi connectivity index (χ4n) is 6.78. The molecule has 1 N–H and O–H groups in total. The second kappa shape index (κ2) is 19.7. The monoisotopic (exact) mass is 597 g/mol. The molecule has 0 unspecified atom stereocenters. The predicted molar refractivity (Wildman–Crippen MR) is 195 cm³/mol. The number of hydrogen-bond donors (Lipinski definition) is 0. The zero-order chi connectivity index (χ0) is 31.7. The number of allylic oxidation sites excluding steroid dienone is 3. The summed E-state index contributed by atoms with van der Waals surface area (Å²) in [6.07, 6.45) is 25.1. The highest BCUT2D eigenvalue weighted by Gasteiger charge is 2.35. The van der Waals surface area contributed by atoms with Gasteiger partial charge in [0.25, 0.3) is 0 Å². The SMILES string of the molecule is CCCC=C1C(CC)=C(c2cc(CCCCC)cc(CCCCC)c2)[N+]([NH-])=C1c1cc(CCCCC)cc(CCCCC)c1. The molecule has 0 aromatic heterocycles. The van der Waals surface area contributed by atoms with Gasteiger partial charge < -0.3 is 5.84 Å². The molecule has 2 nitrogen and oxygen atoms in total. The minimum absolute atomic E-state index is 0.939. The summed E-state index contributed by atoms with van der Waals surface area (Å²) in [5, 5.41) is 0. The first-order valence-electron chi connectivity index (χ1n) is 18.6. The van der Waals surface area contributed by atoms with E-state index in [4.69, 9.17) is 0 Å². The van der Waals surface area contributed by atoms with E-state index < -0.39 is 0 Å². The molecule has 3 rings (SSSR count). The van der Waals surface area contributed by atoms with Gasteiger partial charge in [-0.25, -0.2) is 4.68 Å². The first-order valence-corrected chi connectivity index (χ1v) is 18.6. The highest BCUT2D eigenvalue weighted by molar-refractivity contribution is 6.16. The smallest absolute Gasteiger partial charge is 0.215 e. The molecule has 1 aliphatic rings. The van der Waals surface area contributed by atoms with E-state index in [-0.39, 0.29) is 0 Å². The first kappa shape index (κ1) is 35.9. The zero-order valence-electron chi connectivity index (χ0n) is 29.4. The molecule has 0 saturated heterocycles. The van der Waals surface area contributed by atoms with Crippen LogP contribution in [0.25, 0.3) is 11.5 Å². The van der Waals surface area contributed by atoms with Crippen LogP contribution in [0.1, 0.15) is 171 Å². The Labute approximate surface area is 271 Å². The van der Waals surface area contributed by atoms with Crippen molar-refractivity contribution in [1.82, 2.24) is 0 Å². The van der Waals surface area contributed by atoms with Crippen LogP contribution in [0.5, 0.6) is 0 Å². The van der Waals surface area contributed by atoms with Crippen molar-refractivity contribution < 1.29 is 4.68 Å². The Morgan fingerprint density at radius 2 is 0.932 bits per heavy atom. The topological polar surface area (TPSA) is 26.8 Å². The van der Waals surface area contributed by atoms with E-state index >= 15 is 0 Å². The lowest BCUT2D eigenvalue weighted by atomic mass is 9.90. The molecule has 2 aromatic rings. The maximum absolute atomic E-state index is 9.77. The van der Waals surface area contributed by atoms with Gasteiger partial charge in [0.2, 0.25) is 11.4 Å². The summed E-state index contributed by atoms with van der Waals surface area (Å²) >= 11 is 0. The molecular weight excluding hydrogens is 532 g/mol. The molecule has 1 heterocycles. The highest BCUT2D eigenvalue weighted by atomic mass is 15.3. The van der Waals surface area contributed by atoms with Crippen LogP contribution < -0.4 is 0 Å². The third-order valence-corrected chi connectivity index (χ3v) is 9.23. The van der Waals surface area contributed by atoms with Gasteiger partial charge in [-0.3, -0.25) is 0 Å². The van der Waals surface area contributed by atoms with Crippen molar-refractivity contribution in [3.05, 3.63) is 92.8 Å². The molecule has 0 fully saturated rings. The maximum Gasteiger partial charge on any atom is 0.215 e. The van der Waals surface area contributed by atoms with Crippen LogP contribution in [0.3, 0.4) is 0 Å². The van der Waals surface area contributed by atoms with Crippen LogP contribution in [0.4, 0.5) is 0 Å². The maximum atomic E-state index is 9.77. The Kier molecular flexibility index (Phi) is 16.1. The molecule has 242 valence electrons. The molecule has 0 radical (unpaired) electrons. The summed E-state index contributed by atoms with van der Waals surface area (Å²) in [7, 11) is 0. The van der Waals surface area contributed by atoms with Crippen LogP contribution in [0, 0.1) is 0 Å². The standard InChI is InChI=1S/C42H64N2/c1-7-13-18-22-33-27-34(23-19-14-8-2)30-37(29-33)41-39(12-6)40(26-17-11-5)42(44(41)43)38-31-35(24-20-15-9-3)28-36(32-38)25-21-16-10-4/h26-32,43H,7-25H2,1-6H3. The van der Waals surface area contributed by atoms with Crippen molar-refractivity contribution in [3.8, 4) is 0 Å². The van der Waals surface area contributed by atoms with E-state index in [0.717, 1.165) is 56.4 Å². The second-order valence-corrected chi connectivity index (χ2v) is 13.2. The summed E-state index contributed by atoms with van der Waals surface area (Å²) in [5.41, 5.74) is 13.1. The van der Waals surface area contributed by atoms with Gasteiger partial charge in [-0.05, 0) is 111 Å². The largest absolute Gasteiger partial charge is 0.448 e. The molecule has 0 aliphatic carbocycles. The molecule has 0 spiro atoms. The van der Waals surface area contributed by atoms with Gasteiger partial charge in [0.05, 0.1) is 5.57 Å². The fourth-order valence-corrected chi connectivity index (χ4v) is 6.78. The number of hydrogen-bond acceptors (Lipinski definition) is 0. The molecule has 1 aliphatic heterocycles. The van der Waals surface area contributed by atoms with E-state index in [1.54, 1.807) is 0 Å². The van der Waals surface area contributed by atoms with E-state index in [9.17, 15) is 5.84 Å². The number of rotatable bonds is 21. The van der Waals surface area contributed by atoms with Crippen LogP contribution in [0.2, 0.25) is 0 Å². The summed E-state index contributed by atoms with van der Waals surface area (Å²) in [6.45, 7) is 13.7. The predicted octanol–water partition coefficient (Wildman–Crippen LogP) is 12.9. The number of aryl methyl sites for hydroxylation is 4. The van der Waals surface area contributed by atoms with E-state index in [2.05, 4.69) is 84.0 Å². The molecule has 0 atom stereocenters. The molecule has 0 saturated carbocycles. The van der Waals surface area contributed by atoms with Crippen molar-refractivity contribution >= 4 is 11.4 Å². The quantitative estimate of drug-likeness (QED) is 0.101. The average molecular weight is 597 g/mol. The highest BCUT2D eigenvalue weighted by Crippen LogP contribution is 2.38. The Balaban J connectivity index is 2.18. The molecule has 0 bridgehead atoms. The second-order valence-electron chi connectivity index (χ2n) is 13.2. The number of nitrogens with zero attached hydrogens (tertiary/aromatic N) is 1. The Hall–Kier alpha value is -2.61. The van der Waals surface area contributed by atoms with Crippen molar-refractivity contribution in [2.24, 2.45) is 0 Å². The third kappa shape index (κ3) is 10.2. The lowest BCUT2D eigenvalue weighted by Crippen LogP contribution is -2.13. The van der Waals surface area contributed by atoms with Gasteiger partial charge in [0.1, 0.15) is 0 Å². The summed E-state index contributed by atoms with van der Waals surface area (Å²) < 4.78 is 1.84. The van der Waals surface area contributed by atoms with Crippen LogP contribution in [0.15, 0.2) is 53.6 Å². The van der Waals surface area contributed by atoms with Gasteiger partial charge in [0, 0.05) is 16.7 Å². The van der Waals surface area contributed by atoms with E-state index in [1.165, 1.54) is 122 Å². The lowest BCUT2D eigenvalue weighted by molar-refractivity contribution is -0.347. The van der Waals surface area contributed by atoms with Crippen LogP contribution >= 0.6 is 0 Å². The molecule has 44 heavy (non-hydrogen) atoms. The van der Waals surface area contributed by atoms with E-state index in [0.29, 0.717) is 0 Å². The molecular formula is C42H64N2. The number of unbranched alkanes of at least 4 members (excludes halogenated alkanes) is 9. The lowest BCUT2D eigenvalue weighted by Gasteiger charge is -2.13. The van der Waals surface area contributed by atoms with Gasteiger partial charge in [-0.15, -0.1) is 0 Å². The van der Waals surface area contributed by atoms with Gasteiger partial charge >= 0.3 is 0 Å². The van der Waals surface area contributed by atoms with Crippen molar-refractivity contribution in [2.75, 3.05) is 0 Å². The fraction of sp³-hybridized carbons (Fsp3) is 0.595. The van der Waals surface area contributed by atoms with Gasteiger partial charge in [0.15, 0.2) is 0 Å². The van der Waals surface area contributed by atoms with Crippen LogP contribution in [-0.4, -0.2) is 10.4 Å². The Bertz CT molecular complexity index is 1200.